The van der Waals surface area contributed by atoms with Crippen molar-refractivity contribution in [2.75, 3.05) is 18.9 Å². The molecule has 1 aromatic carbocycles. The number of carbonyl (C=O) groups excluding carboxylic acids is 2. The first-order valence-electron chi connectivity index (χ1n) is 7.14. The average molecular weight is 294 g/mol. The Bertz CT molecular complexity index is 514. The molecule has 2 atom stereocenters. The second-order valence-corrected chi connectivity index (χ2v) is 5.58. The van der Waals surface area contributed by atoms with Crippen LogP contribution in [0.15, 0.2) is 24.3 Å². The molecule has 21 heavy (non-hydrogen) atoms. The largest absolute Gasteiger partial charge is 0.348 e. The Hall–Kier alpha value is -1.95. The normalized spacial score (nSPS) is 16.9. The number of anilines is 1. The number of carbonyl (C=O) groups is 2. The van der Waals surface area contributed by atoms with Gasteiger partial charge in [0.05, 0.1) is 7.05 Å². The van der Waals surface area contributed by atoms with Gasteiger partial charge >= 0.3 is 0 Å². The van der Waals surface area contributed by atoms with E-state index in [1.165, 1.54) is 24.3 Å². The monoisotopic (exact) mass is 294 g/mol. The Morgan fingerprint density at radius 2 is 1.95 bits per heavy atom. The molecule has 1 unspecified atom stereocenters. The van der Waals surface area contributed by atoms with Gasteiger partial charge in [-0.1, -0.05) is 0 Å². The van der Waals surface area contributed by atoms with E-state index in [2.05, 4.69) is 10.6 Å². The SMILES string of the molecule is C[C@@H](C(=O)NC1CC1)[NH+](C)CC(=O)Nc1ccc(F)cc1. The highest BCUT2D eigenvalue weighted by molar-refractivity contribution is 5.91. The van der Waals surface area contributed by atoms with Gasteiger partial charge in [-0.15, -0.1) is 0 Å². The standard InChI is InChI=1S/C15H20FN3O2/c1-10(15(21)18-13-7-8-13)19(2)9-14(20)17-12-5-3-11(16)4-6-12/h3-6,10,13H,7-9H2,1-2H3,(H,17,20)(H,18,21)/p+1/t10-/m0/s1. The van der Waals surface area contributed by atoms with Gasteiger partial charge in [0.15, 0.2) is 12.6 Å². The molecule has 1 aliphatic carbocycles. The summed E-state index contributed by atoms with van der Waals surface area (Å²) < 4.78 is 12.8. The maximum Gasteiger partial charge on any atom is 0.279 e. The van der Waals surface area contributed by atoms with E-state index in [0.29, 0.717) is 11.7 Å². The van der Waals surface area contributed by atoms with Gasteiger partial charge in [-0.25, -0.2) is 4.39 Å². The van der Waals surface area contributed by atoms with Gasteiger partial charge in [0, 0.05) is 11.7 Å². The number of likely N-dealkylation sites (N-methyl/N-ethyl adjacent to an activating group) is 1. The van der Waals surface area contributed by atoms with Gasteiger partial charge in [0.25, 0.3) is 11.8 Å². The van der Waals surface area contributed by atoms with E-state index in [9.17, 15) is 14.0 Å². The van der Waals surface area contributed by atoms with Crippen LogP contribution >= 0.6 is 0 Å². The van der Waals surface area contributed by atoms with Crippen LogP contribution in [0.2, 0.25) is 0 Å². The first-order valence-corrected chi connectivity index (χ1v) is 7.14. The minimum absolute atomic E-state index is 0.0235. The summed E-state index contributed by atoms with van der Waals surface area (Å²) in [6, 6.07) is 5.62. The van der Waals surface area contributed by atoms with E-state index in [4.69, 9.17) is 0 Å². The van der Waals surface area contributed by atoms with Gasteiger partial charge < -0.3 is 15.5 Å². The zero-order valence-electron chi connectivity index (χ0n) is 12.3. The van der Waals surface area contributed by atoms with Crippen LogP contribution < -0.4 is 15.5 Å². The summed E-state index contributed by atoms with van der Waals surface area (Å²) in [6.45, 7) is 1.98. The lowest BCUT2D eigenvalue weighted by Gasteiger charge is -2.20. The molecule has 5 nitrogen and oxygen atoms in total. The molecule has 2 amide bonds. The predicted octanol–water partition coefficient (Wildman–Crippen LogP) is -0.0540. The number of benzene rings is 1. The van der Waals surface area contributed by atoms with Crippen LogP contribution in [0.5, 0.6) is 0 Å². The van der Waals surface area contributed by atoms with Crippen molar-refractivity contribution in [3.63, 3.8) is 0 Å². The van der Waals surface area contributed by atoms with E-state index >= 15 is 0 Å². The van der Waals surface area contributed by atoms with Crippen molar-refractivity contribution >= 4 is 17.5 Å². The molecule has 0 bridgehead atoms. The van der Waals surface area contributed by atoms with E-state index in [0.717, 1.165) is 17.7 Å². The third-order valence-corrected chi connectivity index (χ3v) is 3.62. The number of hydrogen-bond acceptors (Lipinski definition) is 2. The minimum Gasteiger partial charge on any atom is -0.348 e. The molecule has 1 aromatic rings. The first kappa shape index (κ1) is 15.4. The first-order chi connectivity index (χ1) is 9.95. The molecular weight excluding hydrogens is 273 g/mol. The lowest BCUT2D eigenvalue weighted by Crippen LogP contribution is -3.15. The molecule has 0 heterocycles. The van der Waals surface area contributed by atoms with Crippen molar-refractivity contribution in [1.82, 2.24) is 5.32 Å². The average Bonchev–Trinajstić information content (AvgIpc) is 3.24. The number of amides is 2. The second-order valence-electron chi connectivity index (χ2n) is 5.58. The fraction of sp³-hybridized carbons (Fsp3) is 0.467. The zero-order valence-corrected chi connectivity index (χ0v) is 12.3. The minimum atomic E-state index is -0.346. The second kappa shape index (κ2) is 6.67. The third kappa shape index (κ3) is 4.82. The number of halogens is 1. The van der Waals surface area contributed by atoms with Gasteiger partial charge in [-0.05, 0) is 44.0 Å². The van der Waals surface area contributed by atoms with Crippen molar-refractivity contribution in [1.29, 1.82) is 0 Å². The van der Waals surface area contributed by atoms with Gasteiger partial charge in [0.2, 0.25) is 0 Å². The molecule has 0 spiro atoms. The molecule has 6 heteroatoms. The molecule has 0 aromatic heterocycles. The Balaban J connectivity index is 1.80. The molecule has 0 radical (unpaired) electrons. The molecule has 0 aliphatic heterocycles. The molecule has 2 rings (SSSR count). The van der Waals surface area contributed by atoms with Crippen LogP contribution in [-0.4, -0.2) is 37.5 Å². The summed E-state index contributed by atoms with van der Waals surface area (Å²) in [5.74, 6) is -0.573. The van der Waals surface area contributed by atoms with Crippen molar-refractivity contribution in [3.8, 4) is 0 Å². The third-order valence-electron chi connectivity index (χ3n) is 3.62. The van der Waals surface area contributed by atoms with Crippen LogP contribution in [0.1, 0.15) is 19.8 Å². The van der Waals surface area contributed by atoms with E-state index in [1.54, 1.807) is 14.0 Å². The van der Waals surface area contributed by atoms with E-state index < -0.39 is 0 Å². The highest BCUT2D eigenvalue weighted by Crippen LogP contribution is 2.18. The van der Waals surface area contributed by atoms with Crippen LogP contribution in [-0.2, 0) is 9.59 Å². The number of rotatable bonds is 6. The highest BCUT2D eigenvalue weighted by atomic mass is 19.1. The van der Waals surface area contributed by atoms with E-state index in [-0.39, 0.29) is 30.2 Å². The number of nitrogens with one attached hydrogen (secondary N) is 3. The summed E-state index contributed by atoms with van der Waals surface area (Å²) in [5, 5.41) is 5.62. The van der Waals surface area contributed by atoms with Crippen molar-refractivity contribution in [2.24, 2.45) is 0 Å². The van der Waals surface area contributed by atoms with Crippen LogP contribution in [0.4, 0.5) is 10.1 Å². The fourth-order valence-electron chi connectivity index (χ4n) is 1.92. The van der Waals surface area contributed by atoms with Gasteiger partial charge in [-0.3, -0.25) is 9.59 Å². The zero-order chi connectivity index (χ0) is 15.4. The lowest BCUT2D eigenvalue weighted by molar-refractivity contribution is -0.885. The molecule has 114 valence electrons. The van der Waals surface area contributed by atoms with Gasteiger partial charge in [0.1, 0.15) is 5.82 Å². The van der Waals surface area contributed by atoms with Crippen molar-refractivity contribution in [2.45, 2.75) is 31.8 Å². The summed E-state index contributed by atoms with van der Waals surface area (Å²) in [6.07, 6.45) is 2.09. The summed E-state index contributed by atoms with van der Waals surface area (Å²) in [4.78, 5) is 24.6. The van der Waals surface area contributed by atoms with Crippen LogP contribution in [0, 0.1) is 5.82 Å². The highest BCUT2D eigenvalue weighted by Gasteiger charge is 2.29. The topological polar surface area (TPSA) is 62.6 Å². The van der Waals surface area contributed by atoms with Gasteiger partial charge in [-0.2, -0.15) is 0 Å². The Labute approximate surface area is 123 Å². The van der Waals surface area contributed by atoms with Crippen LogP contribution in [0.3, 0.4) is 0 Å². The predicted molar refractivity (Wildman–Crippen MR) is 77.4 cm³/mol. The number of hydrogen-bond donors (Lipinski definition) is 3. The fourth-order valence-corrected chi connectivity index (χ4v) is 1.92. The molecule has 1 aliphatic rings. The molecule has 0 saturated heterocycles. The lowest BCUT2D eigenvalue weighted by atomic mass is 10.2. The molecular formula is C15H21FN3O2+. The quantitative estimate of drug-likeness (QED) is 0.689. The summed E-state index contributed by atoms with van der Waals surface area (Å²) >= 11 is 0. The maximum absolute atomic E-state index is 12.8. The Morgan fingerprint density at radius 1 is 1.33 bits per heavy atom. The van der Waals surface area contributed by atoms with Crippen molar-refractivity contribution in [3.05, 3.63) is 30.1 Å². The Kier molecular flexibility index (Phi) is 4.90. The molecule has 3 N–H and O–H groups in total. The maximum atomic E-state index is 12.8. The number of quaternary nitrogens is 1. The summed E-state index contributed by atoms with van der Waals surface area (Å²) in [5.41, 5.74) is 0.546. The smallest absolute Gasteiger partial charge is 0.279 e. The molecule has 1 fully saturated rings. The van der Waals surface area contributed by atoms with Crippen LogP contribution in [0.25, 0.3) is 0 Å². The molecule has 1 saturated carbocycles. The Morgan fingerprint density at radius 3 is 2.52 bits per heavy atom. The van der Waals surface area contributed by atoms with E-state index in [1.807, 2.05) is 0 Å². The summed E-state index contributed by atoms with van der Waals surface area (Å²) in [7, 11) is 1.81. The van der Waals surface area contributed by atoms with Crippen molar-refractivity contribution < 1.29 is 18.9 Å².